The highest BCUT2D eigenvalue weighted by molar-refractivity contribution is 5.75. The topological polar surface area (TPSA) is 46.9 Å². The molecule has 2 aromatic rings. The second kappa shape index (κ2) is 6.06. The molecule has 0 bridgehead atoms. The fourth-order valence-electron chi connectivity index (χ4n) is 2.86. The van der Waals surface area contributed by atoms with Crippen LogP contribution in [-0.4, -0.2) is 15.7 Å². The van der Waals surface area contributed by atoms with Crippen LogP contribution in [0.15, 0.2) is 30.3 Å². The Morgan fingerprint density at radius 3 is 2.65 bits per heavy atom. The van der Waals surface area contributed by atoms with E-state index in [-0.39, 0.29) is 18.0 Å². The number of amides is 1. The summed E-state index contributed by atoms with van der Waals surface area (Å²) >= 11 is 0. The molecular weight excluding hydrogens is 307 g/mol. The molecule has 1 N–H and O–H groups in total. The van der Waals surface area contributed by atoms with Gasteiger partial charge in [0.2, 0.25) is 5.91 Å². The van der Waals surface area contributed by atoms with E-state index in [0.717, 1.165) is 5.56 Å². The Kier molecular flexibility index (Phi) is 4.11. The second-order valence-electron chi connectivity index (χ2n) is 5.55. The summed E-state index contributed by atoms with van der Waals surface area (Å²) in [5.74, 6) is -0.347. The van der Waals surface area contributed by atoms with E-state index < -0.39 is 11.9 Å². The van der Waals surface area contributed by atoms with Gasteiger partial charge in [0.05, 0.1) is 0 Å². The number of rotatable bonds is 4. The van der Waals surface area contributed by atoms with Gasteiger partial charge >= 0.3 is 6.18 Å². The maximum atomic E-state index is 13.0. The van der Waals surface area contributed by atoms with Crippen molar-refractivity contribution in [2.45, 2.75) is 38.5 Å². The molecule has 122 valence electrons. The lowest BCUT2D eigenvalue weighted by molar-refractivity contribution is -0.142. The molecule has 0 aliphatic heterocycles. The smallest absolute Gasteiger partial charge is 0.350 e. The van der Waals surface area contributed by atoms with E-state index in [2.05, 4.69) is 10.4 Å². The molecule has 23 heavy (non-hydrogen) atoms. The minimum Gasteiger partial charge on any atom is -0.350 e. The molecule has 0 atom stereocenters. The molecule has 1 heterocycles. The zero-order chi connectivity index (χ0) is 16.4. The Balaban J connectivity index is 1.70. The van der Waals surface area contributed by atoms with Crippen molar-refractivity contribution in [2.75, 3.05) is 0 Å². The van der Waals surface area contributed by atoms with Gasteiger partial charge in [-0.25, -0.2) is 0 Å². The first-order valence-corrected chi connectivity index (χ1v) is 7.41. The van der Waals surface area contributed by atoms with Crippen molar-refractivity contribution < 1.29 is 18.0 Å². The minimum absolute atomic E-state index is 0.189. The van der Waals surface area contributed by atoms with Crippen molar-refractivity contribution in [3.63, 3.8) is 0 Å². The number of alkyl halides is 3. The molecule has 1 amide bonds. The number of nitrogens with one attached hydrogen (secondary N) is 1. The third-order valence-corrected chi connectivity index (χ3v) is 3.90. The molecule has 0 spiro atoms. The highest BCUT2D eigenvalue weighted by atomic mass is 19.4. The lowest BCUT2D eigenvalue weighted by atomic mass is 10.2. The lowest BCUT2D eigenvalue weighted by Gasteiger charge is -2.08. The predicted molar refractivity (Wildman–Crippen MR) is 77.5 cm³/mol. The fourth-order valence-corrected chi connectivity index (χ4v) is 2.86. The van der Waals surface area contributed by atoms with Crippen molar-refractivity contribution in [2.24, 2.45) is 0 Å². The normalized spacial score (nSPS) is 13.9. The summed E-state index contributed by atoms with van der Waals surface area (Å²) in [6.45, 7) is 0.153. The van der Waals surface area contributed by atoms with Crippen LogP contribution in [-0.2, 0) is 36.9 Å². The third-order valence-electron chi connectivity index (χ3n) is 3.90. The number of halogens is 3. The van der Waals surface area contributed by atoms with Crippen LogP contribution in [0.2, 0.25) is 0 Å². The largest absolute Gasteiger partial charge is 0.435 e. The van der Waals surface area contributed by atoms with Crippen LogP contribution in [0.5, 0.6) is 0 Å². The summed E-state index contributed by atoms with van der Waals surface area (Å²) in [6.07, 6.45) is -2.90. The van der Waals surface area contributed by atoms with Gasteiger partial charge in [0, 0.05) is 17.8 Å². The first-order chi connectivity index (χ1) is 10.9. The van der Waals surface area contributed by atoms with Gasteiger partial charge in [0.1, 0.15) is 6.54 Å². The standard InChI is InChI=1S/C16H16F3N3O/c17-16(18,19)15-12-7-4-8-13(12)22(21-15)10-14(23)20-9-11-5-2-1-3-6-11/h1-3,5-6H,4,7-10H2,(H,20,23). The Hall–Kier alpha value is -2.31. The maximum Gasteiger partial charge on any atom is 0.435 e. The summed E-state index contributed by atoms with van der Waals surface area (Å²) in [6, 6.07) is 9.33. The highest BCUT2D eigenvalue weighted by Gasteiger charge is 2.40. The van der Waals surface area contributed by atoms with E-state index in [0.29, 0.717) is 31.5 Å². The van der Waals surface area contributed by atoms with Crippen LogP contribution in [0.3, 0.4) is 0 Å². The van der Waals surface area contributed by atoms with E-state index in [1.54, 1.807) is 0 Å². The average Bonchev–Trinajstić information content (AvgIpc) is 3.09. The van der Waals surface area contributed by atoms with Gasteiger partial charge in [-0.2, -0.15) is 18.3 Å². The van der Waals surface area contributed by atoms with Crippen LogP contribution in [0.25, 0.3) is 0 Å². The lowest BCUT2D eigenvalue weighted by Crippen LogP contribution is -2.28. The molecule has 0 saturated carbocycles. The van der Waals surface area contributed by atoms with Crippen molar-refractivity contribution in [3.05, 3.63) is 52.8 Å². The van der Waals surface area contributed by atoms with Gasteiger partial charge in [0.25, 0.3) is 0 Å². The Labute approximate surface area is 131 Å². The van der Waals surface area contributed by atoms with Gasteiger partial charge in [-0.3, -0.25) is 9.48 Å². The Morgan fingerprint density at radius 2 is 1.96 bits per heavy atom. The van der Waals surface area contributed by atoms with E-state index >= 15 is 0 Å². The zero-order valence-corrected chi connectivity index (χ0v) is 12.4. The fraction of sp³-hybridized carbons (Fsp3) is 0.375. The molecule has 3 rings (SSSR count). The van der Waals surface area contributed by atoms with Crippen LogP contribution >= 0.6 is 0 Å². The summed E-state index contributed by atoms with van der Waals surface area (Å²) < 4.78 is 40.2. The molecule has 0 saturated heterocycles. The zero-order valence-electron chi connectivity index (χ0n) is 12.4. The molecule has 1 aromatic carbocycles. The molecule has 4 nitrogen and oxygen atoms in total. The van der Waals surface area contributed by atoms with Crippen molar-refractivity contribution >= 4 is 5.91 Å². The van der Waals surface area contributed by atoms with Crippen molar-refractivity contribution in [1.29, 1.82) is 0 Å². The third kappa shape index (κ3) is 3.38. The molecule has 1 aliphatic rings. The number of hydrogen-bond acceptors (Lipinski definition) is 2. The monoisotopic (exact) mass is 323 g/mol. The summed E-state index contributed by atoms with van der Waals surface area (Å²) in [5.41, 5.74) is 0.865. The Bertz CT molecular complexity index is 707. The number of carbonyl (C=O) groups excluding carboxylic acids is 1. The van der Waals surface area contributed by atoms with Gasteiger partial charge in [-0.05, 0) is 24.8 Å². The van der Waals surface area contributed by atoms with E-state index in [9.17, 15) is 18.0 Å². The summed E-state index contributed by atoms with van der Waals surface area (Å²) in [7, 11) is 0. The van der Waals surface area contributed by atoms with Crippen molar-refractivity contribution in [1.82, 2.24) is 15.1 Å². The van der Waals surface area contributed by atoms with E-state index in [4.69, 9.17) is 0 Å². The van der Waals surface area contributed by atoms with Gasteiger partial charge < -0.3 is 5.32 Å². The molecular formula is C16H16F3N3O. The second-order valence-corrected chi connectivity index (χ2v) is 5.55. The average molecular weight is 323 g/mol. The van der Waals surface area contributed by atoms with Crippen molar-refractivity contribution in [3.8, 4) is 0 Å². The van der Waals surface area contributed by atoms with Crippen LogP contribution in [0.1, 0.15) is 28.9 Å². The molecule has 0 radical (unpaired) electrons. The van der Waals surface area contributed by atoms with Crippen LogP contribution < -0.4 is 5.32 Å². The number of nitrogens with zero attached hydrogens (tertiary/aromatic N) is 2. The molecule has 0 unspecified atom stereocenters. The summed E-state index contributed by atoms with van der Waals surface area (Å²) in [5, 5.41) is 6.33. The van der Waals surface area contributed by atoms with Gasteiger partial charge in [0.15, 0.2) is 5.69 Å². The summed E-state index contributed by atoms with van der Waals surface area (Å²) in [4.78, 5) is 12.0. The first-order valence-electron chi connectivity index (χ1n) is 7.41. The molecule has 0 fully saturated rings. The maximum absolute atomic E-state index is 13.0. The van der Waals surface area contributed by atoms with E-state index in [1.807, 2.05) is 30.3 Å². The van der Waals surface area contributed by atoms with Crippen LogP contribution in [0.4, 0.5) is 13.2 Å². The number of hydrogen-bond donors (Lipinski definition) is 1. The van der Waals surface area contributed by atoms with Gasteiger partial charge in [-0.1, -0.05) is 30.3 Å². The molecule has 1 aromatic heterocycles. The van der Waals surface area contributed by atoms with E-state index in [1.165, 1.54) is 4.68 Å². The molecule has 1 aliphatic carbocycles. The van der Waals surface area contributed by atoms with Crippen LogP contribution in [0, 0.1) is 0 Å². The number of aromatic nitrogens is 2. The van der Waals surface area contributed by atoms with Gasteiger partial charge in [-0.15, -0.1) is 0 Å². The number of benzene rings is 1. The molecule has 7 heteroatoms. The highest BCUT2D eigenvalue weighted by Crippen LogP contribution is 2.36. The quantitative estimate of drug-likeness (QED) is 0.940. The minimum atomic E-state index is -4.47. The Morgan fingerprint density at radius 1 is 1.22 bits per heavy atom. The SMILES string of the molecule is O=C(Cn1nc(C(F)(F)F)c2c1CCC2)NCc1ccccc1. The number of fused-ring (bicyclic) bond motifs is 1. The predicted octanol–water partition coefficient (Wildman–Crippen LogP) is 2.71. The number of carbonyl (C=O) groups is 1. The first kappa shape index (κ1) is 15.6.